The fourth-order valence-electron chi connectivity index (χ4n) is 3.27. The maximum absolute atomic E-state index is 4.86. The Bertz CT molecular complexity index is 594. The lowest BCUT2D eigenvalue weighted by Crippen LogP contribution is -2.00. The summed E-state index contributed by atoms with van der Waals surface area (Å²) in [6.45, 7) is 5.41. The lowest BCUT2D eigenvalue weighted by Gasteiger charge is -2.10. The Hall–Kier alpha value is -1.35. The molecule has 1 fully saturated rings. The van der Waals surface area contributed by atoms with Crippen molar-refractivity contribution in [1.29, 1.82) is 0 Å². The zero-order chi connectivity index (χ0) is 15.4. The number of hydrogen-bond donors (Lipinski definition) is 1. The summed E-state index contributed by atoms with van der Waals surface area (Å²) in [7, 11) is 0. The van der Waals surface area contributed by atoms with Crippen molar-refractivity contribution in [2.24, 2.45) is 0 Å². The molecule has 0 spiro atoms. The van der Waals surface area contributed by atoms with Crippen molar-refractivity contribution in [2.75, 3.05) is 11.9 Å². The number of rotatable bonds is 6. The molecule has 1 aliphatic rings. The van der Waals surface area contributed by atoms with Crippen LogP contribution < -0.4 is 5.32 Å². The summed E-state index contributed by atoms with van der Waals surface area (Å²) in [4.78, 5) is 6.25. The highest BCUT2D eigenvalue weighted by atomic mass is 32.1. The number of hydrogen-bond acceptors (Lipinski definition) is 3. The zero-order valence-corrected chi connectivity index (χ0v) is 14.5. The van der Waals surface area contributed by atoms with Gasteiger partial charge in [-0.25, -0.2) is 4.98 Å². The number of thiazole rings is 1. The van der Waals surface area contributed by atoms with Crippen LogP contribution >= 0.6 is 11.3 Å². The Balaban J connectivity index is 1.78. The SMILES string of the molecule is CCCCNc1ccc(-c2sc(C)nc2C2CCCC2)cc1. The molecule has 0 saturated heterocycles. The van der Waals surface area contributed by atoms with Crippen LogP contribution in [-0.4, -0.2) is 11.5 Å². The molecule has 0 atom stereocenters. The van der Waals surface area contributed by atoms with Crippen molar-refractivity contribution in [3.05, 3.63) is 35.0 Å². The van der Waals surface area contributed by atoms with E-state index in [1.54, 1.807) is 0 Å². The molecule has 0 bridgehead atoms. The fraction of sp³-hybridized carbons (Fsp3) is 0.526. The first-order chi connectivity index (χ1) is 10.8. The van der Waals surface area contributed by atoms with Gasteiger partial charge in [-0.15, -0.1) is 11.3 Å². The highest BCUT2D eigenvalue weighted by molar-refractivity contribution is 7.15. The average Bonchev–Trinajstić information content (AvgIpc) is 3.17. The summed E-state index contributed by atoms with van der Waals surface area (Å²) in [6.07, 6.45) is 7.80. The normalized spacial score (nSPS) is 15.4. The first-order valence-corrected chi connectivity index (χ1v) is 9.41. The molecule has 3 heteroatoms. The number of unbranched alkanes of at least 4 members (excludes halogenated alkanes) is 1. The molecular formula is C19H26N2S. The summed E-state index contributed by atoms with van der Waals surface area (Å²) >= 11 is 1.85. The van der Waals surface area contributed by atoms with Gasteiger partial charge in [0.05, 0.1) is 15.6 Å². The molecule has 2 aromatic rings. The van der Waals surface area contributed by atoms with E-state index in [2.05, 4.69) is 43.4 Å². The molecular weight excluding hydrogens is 288 g/mol. The number of nitrogens with zero attached hydrogens (tertiary/aromatic N) is 1. The zero-order valence-electron chi connectivity index (χ0n) is 13.7. The largest absolute Gasteiger partial charge is 0.385 e. The Labute approximate surface area is 138 Å². The lowest BCUT2D eigenvalue weighted by atomic mass is 10.00. The van der Waals surface area contributed by atoms with Crippen LogP contribution in [0.25, 0.3) is 10.4 Å². The maximum atomic E-state index is 4.86. The van der Waals surface area contributed by atoms with Crippen LogP contribution in [0.15, 0.2) is 24.3 Å². The van der Waals surface area contributed by atoms with Crippen LogP contribution in [0.1, 0.15) is 62.1 Å². The molecule has 0 aliphatic heterocycles. The number of aromatic nitrogens is 1. The van der Waals surface area contributed by atoms with Crippen LogP contribution in [0.2, 0.25) is 0 Å². The van der Waals surface area contributed by atoms with Gasteiger partial charge < -0.3 is 5.32 Å². The van der Waals surface area contributed by atoms with E-state index in [1.165, 1.54) is 65.4 Å². The first kappa shape index (κ1) is 15.5. The average molecular weight is 314 g/mol. The third-order valence-corrected chi connectivity index (χ3v) is 5.54. The second kappa shape index (κ2) is 7.28. The summed E-state index contributed by atoms with van der Waals surface area (Å²) < 4.78 is 0. The Morgan fingerprint density at radius 3 is 2.59 bits per heavy atom. The van der Waals surface area contributed by atoms with Gasteiger partial charge in [-0.2, -0.15) is 0 Å². The van der Waals surface area contributed by atoms with Crippen molar-refractivity contribution in [2.45, 2.75) is 58.3 Å². The molecule has 0 unspecified atom stereocenters. The van der Waals surface area contributed by atoms with Gasteiger partial charge in [0.1, 0.15) is 0 Å². The molecule has 1 saturated carbocycles. The molecule has 118 valence electrons. The molecule has 1 heterocycles. The summed E-state index contributed by atoms with van der Waals surface area (Å²) in [6, 6.07) is 8.91. The molecule has 1 aromatic heterocycles. The Morgan fingerprint density at radius 1 is 1.18 bits per heavy atom. The minimum Gasteiger partial charge on any atom is -0.385 e. The van der Waals surface area contributed by atoms with Crippen molar-refractivity contribution in [3.63, 3.8) is 0 Å². The van der Waals surface area contributed by atoms with Gasteiger partial charge in [0.2, 0.25) is 0 Å². The number of aryl methyl sites for hydroxylation is 1. The topological polar surface area (TPSA) is 24.9 Å². The second-order valence-corrected chi connectivity index (χ2v) is 7.49. The Morgan fingerprint density at radius 2 is 1.91 bits per heavy atom. The van der Waals surface area contributed by atoms with Gasteiger partial charge in [0, 0.05) is 18.2 Å². The molecule has 2 nitrogen and oxygen atoms in total. The third kappa shape index (κ3) is 3.52. The second-order valence-electron chi connectivity index (χ2n) is 6.29. The van der Waals surface area contributed by atoms with E-state index < -0.39 is 0 Å². The van der Waals surface area contributed by atoms with E-state index in [0.29, 0.717) is 5.92 Å². The van der Waals surface area contributed by atoms with Gasteiger partial charge in [-0.05, 0) is 43.9 Å². The number of benzene rings is 1. The fourth-order valence-corrected chi connectivity index (χ4v) is 4.29. The molecule has 1 N–H and O–H groups in total. The van der Waals surface area contributed by atoms with Crippen molar-refractivity contribution < 1.29 is 0 Å². The van der Waals surface area contributed by atoms with E-state index >= 15 is 0 Å². The first-order valence-electron chi connectivity index (χ1n) is 8.59. The van der Waals surface area contributed by atoms with Crippen molar-refractivity contribution in [3.8, 4) is 10.4 Å². The monoisotopic (exact) mass is 314 g/mol. The van der Waals surface area contributed by atoms with E-state index in [-0.39, 0.29) is 0 Å². The van der Waals surface area contributed by atoms with E-state index in [0.717, 1.165) is 6.54 Å². The highest BCUT2D eigenvalue weighted by Crippen LogP contribution is 2.41. The molecule has 1 aliphatic carbocycles. The highest BCUT2D eigenvalue weighted by Gasteiger charge is 2.23. The van der Waals surface area contributed by atoms with E-state index in [1.807, 2.05) is 11.3 Å². The van der Waals surface area contributed by atoms with Gasteiger partial charge in [0.25, 0.3) is 0 Å². The van der Waals surface area contributed by atoms with Crippen molar-refractivity contribution in [1.82, 2.24) is 4.98 Å². The van der Waals surface area contributed by atoms with Crippen LogP contribution in [-0.2, 0) is 0 Å². The van der Waals surface area contributed by atoms with Crippen LogP contribution in [0.5, 0.6) is 0 Å². The predicted molar refractivity (Wildman–Crippen MR) is 96.9 cm³/mol. The number of nitrogens with one attached hydrogen (secondary N) is 1. The van der Waals surface area contributed by atoms with E-state index in [4.69, 9.17) is 4.98 Å². The predicted octanol–water partition coefficient (Wildman–Crippen LogP) is 5.99. The standard InChI is InChI=1S/C19H26N2S/c1-3-4-13-20-17-11-9-16(10-12-17)19-18(21-14(2)22-19)15-7-5-6-8-15/h9-12,15,20H,3-8,13H2,1-2H3. The maximum Gasteiger partial charge on any atom is 0.0904 e. The van der Waals surface area contributed by atoms with Gasteiger partial charge in [0.15, 0.2) is 0 Å². The molecule has 22 heavy (non-hydrogen) atoms. The van der Waals surface area contributed by atoms with Crippen LogP contribution in [0.4, 0.5) is 5.69 Å². The minimum absolute atomic E-state index is 0.683. The molecule has 0 radical (unpaired) electrons. The van der Waals surface area contributed by atoms with Gasteiger partial charge in [-0.3, -0.25) is 0 Å². The Kier molecular flexibility index (Phi) is 5.14. The quantitative estimate of drug-likeness (QED) is 0.663. The molecule has 1 aromatic carbocycles. The van der Waals surface area contributed by atoms with E-state index in [9.17, 15) is 0 Å². The van der Waals surface area contributed by atoms with Crippen LogP contribution in [0, 0.1) is 6.92 Å². The van der Waals surface area contributed by atoms with Crippen LogP contribution in [0.3, 0.4) is 0 Å². The molecule has 0 amide bonds. The number of anilines is 1. The third-order valence-electron chi connectivity index (χ3n) is 4.51. The summed E-state index contributed by atoms with van der Waals surface area (Å²) in [5.74, 6) is 0.683. The van der Waals surface area contributed by atoms with Gasteiger partial charge in [-0.1, -0.05) is 38.3 Å². The smallest absolute Gasteiger partial charge is 0.0904 e. The minimum atomic E-state index is 0.683. The molecule has 3 rings (SSSR count). The van der Waals surface area contributed by atoms with Crippen molar-refractivity contribution >= 4 is 17.0 Å². The summed E-state index contributed by atoms with van der Waals surface area (Å²) in [5.41, 5.74) is 3.90. The van der Waals surface area contributed by atoms with Gasteiger partial charge >= 0.3 is 0 Å². The summed E-state index contributed by atoms with van der Waals surface area (Å²) in [5, 5.41) is 4.68. The lowest BCUT2D eigenvalue weighted by molar-refractivity contribution is 0.703.